The highest BCUT2D eigenvalue weighted by Gasteiger charge is 2.14. The van der Waals surface area contributed by atoms with Crippen LogP contribution >= 0.6 is 0 Å². The van der Waals surface area contributed by atoms with Gasteiger partial charge in [0.15, 0.2) is 0 Å². The molecule has 0 spiro atoms. The zero-order valence-electron chi connectivity index (χ0n) is 10.1. The molecule has 1 aliphatic rings. The fourth-order valence-corrected chi connectivity index (χ4v) is 1.89. The molecule has 1 aromatic carbocycles. The molecule has 0 aromatic heterocycles. The van der Waals surface area contributed by atoms with Gasteiger partial charge in [0.2, 0.25) is 5.91 Å². The van der Waals surface area contributed by atoms with Crippen molar-refractivity contribution in [3.05, 3.63) is 35.6 Å². The Bertz CT molecular complexity index is 388. The van der Waals surface area contributed by atoms with Crippen LogP contribution in [0.3, 0.4) is 0 Å². The predicted octanol–water partition coefficient (Wildman–Crippen LogP) is 1.17. The lowest BCUT2D eigenvalue weighted by molar-refractivity contribution is -0.138. The lowest BCUT2D eigenvalue weighted by atomic mass is 10.1. The van der Waals surface area contributed by atoms with Crippen LogP contribution in [-0.4, -0.2) is 25.1 Å². The van der Waals surface area contributed by atoms with E-state index in [9.17, 15) is 9.18 Å². The van der Waals surface area contributed by atoms with Crippen molar-refractivity contribution in [3.63, 3.8) is 0 Å². The van der Waals surface area contributed by atoms with Gasteiger partial charge in [-0.1, -0.05) is 12.1 Å². The normalized spacial score (nSPS) is 19.5. The molecule has 1 unspecified atom stereocenters. The van der Waals surface area contributed by atoms with Crippen molar-refractivity contribution in [1.82, 2.24) is 10.8 Å². The van der Waals surface area contributed by atoms with Gasteiger partial charge >= 0.3 is 0 Å². The SMILES string of the molecule is O=C(Cc1ccc(F)cc1)NOC1CCCNC1. The third kappa shape index (κ3) is 4.09. The highest BCUT2D eigenvalue weighted by Crippen LogP contribution is 2.05. The van der Waals surface area contributed by atoms with Crippen LogP contribution in [0, 0.1) is 5.82 Å². The van der Waals surface area contributed by atoms with E-state index in [4.69, 9.17) is 4.84 Å². The van der Waals surface area contributed by atoms with Crippen molar-refractivity contribution in [2.24, 2.45) is 0 Å². The molecular formula is C13H17FN2O2. The first-order chi connectivity index (χ1) is 8.74. The first-order valence-electron chi connectivity index (χ1n) is 6.14. The van der Waals surface area contributed by atoms with Gasteiger partial charge in [0.1, 0.15) is 5.82 Å². The molecule has 18 heavy (non-hydrogen) atoms. The maximum absolute atomic E-state index is 12.7. The maximum atomic E-state index is 12.7. The molecule has 1 aromatic rings. The summed E-state index contributed by atoms with van der Waals surface area (Å²) in [6, 6.07) is 5.87. The number of carbonyl (C=O) groups excluding carboxylic acids is 1. The van der Waals surface area contributed by atoms with Gasteiger partial charge in [0, 0.05) is 6.54 Å². The van der Waals surface area contributed by atoms with Crippen LogP contribution in [0.1, 0.15) is 18.4 Å². The van der Waals surface area contributed by atoms with Crippen LogP contribution in [0.15, 0.2) is 24.3 Å². The summed E-state index contributed by atoms with van der Waals surface area (Å²) in [5, 5.41) is 3.20. The molecule has 0 aliphatic carbocycles. The average molecular weight is 252 g/mol. The van der Waals surface area contributed by atoms with E-state index in [0.29, 0.717) is 0 Å². The van der Waals surface area contributed by atoms with E-state index in [1.807, 2.05) is 0 Å². The van der Waals surface area contributed by atoms with Crippen LogP contribution in [0.25, 0.3) is 0 Å². The molecule has 1 heterocycles. The van der Waals surface area contributed by atoms with Gasteiger partial charge in [0.05, 0.1) is 12.5 Å². The Kier molecular flexibility index (Phi) is 4.66. The second-order valence-corrected chi connectivity index (χ2v) is 4.41. The number of hydroxylamine groups is 1. The molecule has 1 atom stereocenters. The lowest BCUT2D eigenvalue weighted by Gasteiger charge is -2.22. The van der Waals surface area contributed by atoms with E-state index in [1.165, 1.54) is 12.1 Å². The molecule has 0 radical (unpaired) electrons. The Morgan fingerprint density at radius 1 is 1.44 bits per heavy atom. The quantitative estimate of drug-likeness (QED) is 0.791. The second kappa shape index (κ2) is 6.47. The monoisotopic (exact) mass is 252 g/mol. The fraction of sp³-hybridized carbons (Fsp3) is 0.462. The number of halogens is 1. The Hall–Kier alpha value is -1.46. The molecule has 1 saturated heterocycles. The number of carbonyl (C=O) groups is 1. The van der Waals surface area contributed by atoms with Crippen LogP contribution in [0.4, 0.5) is 4.39 Å². The minimum atomic E-state index is -0.302. The average Bonchev–Trinajstić information content (AvgIpc) is 2.40. The van der Waals surface area contributed by atoms with Gasteiger partial charge in [-0.3, -0.25) is 9.63 Å². The van der Waals surface area contributed by atoms with Crippen molar-refractivity contribution in [3.8, 4) is 0 Å². The van der Waals surface area contributed by atoms with Crippen molar-refractivity contribution >= 4 is 5.91 Å². The van der Waals surface area contributed by atoms with Gasteiger partial charge in [0.25, 0.3) is 0 Å². The second-order valence-electron chi connectivity index (χ2n) is 4.41. The third-order valence-electron chi connectivity index (χ3n) is 2.87. The minimum absolute atomic E-state index is 0.0379. The molecular weight excluding hydrogens is 235 g/mol. The molecule has 0 bridgehead atoms. The summed E-state index contributed by atoms with van der Waals surface area (Å²) in [7, 11) is 0. The molecule has 2 N–H and O–H groups in total. The summed E-state index contributed by atoms with van der Waals surface area (Å²) >= 11 is 0. The summed E-state index contributed by atoms with van der Waals surface area (Å²) in [4.78, 5) is 16.9. The fourth-order valence-electron chi connectivity index (χ4n) is 1.89. The number of piperidine rings is 1. The Labute approximate surface area is 105 Å². The summed E-state index contributed by atoms with van der Waals surface area (Å²) in [5.74, 6) is -0.518. The number of hydrogen-bond donors (Lipinski definition) is 2. The first-order valence-corrected chi connectivity index (χ1v) is 6.14. The molecule has 1 amide bonds. The molecule has 2 rings (SSSR count). The Morgan fingerprint density at radius 3 is 2.89 bits per heavy atom. The third-order valence-corrected chi connectivity index (χ3v) is 2.87. The molecule has 98 valence electrons. The van der Waals surface area contributed by atoms with Crippen LogP contribution in [0.2, 0.25) is 0 Å². The molecule has 0 saturated carbocycles. The van der Waals surface area contributed by atoms with Gasteiger partial charge in [-0.15, -0.1) is 0 Å². The lowest BCUT2D eigenvalue weighted by Crippen LogP contribution is -2.40. The molecule has 5 heteroatoms. The largest absolute Gasteiger partial charge is 0.314 e. The van der Waals surface area contributed by atoms with Gasteiger partial charge in [-0.05, 0) is 37.1 Å². The van der Waals surface area contributed by atoms with Crippen LogP contribution in [-0.2, 0) is 16.1 Å². The van der Waals surface area contributed by atoms with E-state index in [2.05, 4.69) is 10.8 Å². The van der Waals surface area contributed by atoms with Crippen molar-refractivity contribution in [2.75, 3.05) is 13.1 Å². The van der Waals surface area contributed by atoms with E-state index in [1.54, 1.807) is 12.1 Å². The highest BCUT2D eigenvalue weighted by molar-refractivity contribution is 5.77. The topological polar surface area (TPSA) is 50.4 Å². The van der Waals surface area contributed by atoms with E-state index >= 15 is 0 Å². The van der Waals surface area contributed by atoms with E-state index in [0.717, 1.165) is 31.5 Å². The standard InChI is InChI=1S/C13H17FN2O2/c14-11-5-3-10(4-6-11)8-13(17)16-18-12-2-1-7-15-9-12/h3-6,12,15H,1-2,7-9H2,(H,16,17). The zero-order chi connectivity index (χ0) is 12.8. The summed E-state index contributed by atoms with van der Waals surface area (Å²) in [6.45, 7) is 1.76. The van der Waals surface area contributed by atoms with Crippen molar-refractivity contribution < 1.29 is 14.0 Å². The molecule has 1 aliphatic heterocycles. The molecule has 1 fully saturated rings. The van der Waals surface area contributed by atoms with E-state index < -0.39 is 0 Å². The highest BCUT2D eigenvalue weighted by atomic mass is 19.1. The number of benzene rings is 1. The smallest absolute Gasteiger partial charge is 0.247 e. The number of rotatable bonds is 4. The van der Waals surface area contributed by atoms with E-state index in [-0.39, 0.29) is 24.2 Å². The van der Waals surface area contributed by atoms with Crippen molar-refractivity contribution in [1.29, 1.82) is 0 Å². The Morgan fingerprint density at radius 2 is 2.22 bits per heavy atom. The minimum Gasteiger partial charge on any atom is -0.314 e. The van der Waals surface area contributed by atoms with Gasteiger partial charge in [-0.25, -0.2) is 9.87 Å². The number of amides is 1. The Balaban J connectivity index is 1.73. The van der Waals surface area contributed by atoms with Gasteiger partial charge < -0.3 is 5.32 Å². The summed E-state index contributed by atoms with van der Waals surface area (Å²) in [6.07, 6.45) is 2.24. The maximum Gasteiger partial charge on any atom is 0.247 e. The van der Waals surface area contributed by atoms with Crippen LogP contribution in [0.5, 0.6) is 0 Å². The van der Waals surface area contributed by atoms with Crippen molar-refractivity contribution in [2.45, 2.75) is 25.4 Å². The van der Waals surface area contributed by atoms with Crippen LogP contribution < -0.4 is 10.8 Å². The first kappa shape index (κ1) is 13.0. The number of hydrogen-bond acceptors (Lipinski definition) is 3. The summed E-state index contributed by atoms with van der Waals surface area (Å²) < 4.78 is 12.7. The number of nitrogens with one attached hydrogen (secondary N) is 2. The zero-order valence-corrected chi connectivity index (χ0v) is 10.1. The summed E-state index contributed by atoms with van der Waals surface area (Å²) in [5.41, 5.74) is 3.21. The predicted molar refractivity (Wildman–Crippen MR) is 65.2 cm³/mol. The molecule has 4 nitrogen and oxygen atoms in total. The van der Waals surface area contributed by atoms with Gasteiger partial charge in [-0.2, -0.15) is 0 Å².